The Hall–Kier alpha value is -0.970. The third-order valence-corrected chi connectivity index (χ3v) is 4.19. The van der Waals surface area contributed by atoms with Crippen molar-refractivity contribution in [2.75, 3.05) is 18.9 Å². The summed E-state index contributed by atoms with van der Waals surface area (Å²) in [7, 11) is 1.71. The second kappa shape index (κ2) is 6.66. The number of aliphatic hydroxyl groups excluding tert-OH is 1. The van der Waals surface area contributed by atoms with E-state index >= 15 is 0 Å². The van der Waals surface area contributed by atoms with E-state index < -0.39 is 0 Å². The molecule has 110 valence electrons. The van der Waals surface area contributed by atoms with E-state index in [0.717, 1.165) is 19.3 Å². The van der Waals surface area contributed by atoms with Crippen LogP contribution in [0.5, 0.6) is 0 Å². The molecule has 4 nitrogen and oxygen atoms in total. The monoisotopic (exact) mass is 316 g/mol. The lowest BCUT2D eigenvalue weighted by Crippen LogP contribution is -2.37. The van der Waals surface area contributed by atoms with Gasteiger partial charge in [-0.3, -0.25) is 0 Å². The topological polar surface area (TPSA) is 52.6 Å². The summed E-state index contributed by atoms with van der Waals surface area (Å²) in [6.45, 7) is 0.540. The number of urea groups is 1. The van der Waals surface area contributed by atoms with Gasteiger partial charge in [-0.15, -0.1) is 0 Å². The smallest absolute Gasteiger partial charge is 0.321 e. The largest absolute Gasteiger partial charge is 0.393 e. The second-order valence-corrected chi connectivity index (χ2v) is 6.04. The Labute approximate surface area is 128 Å². The molecule has 2 unspecified atom stereocenters. The van der Waals surface area contributed by atoms with Gasteiger partial charge in [0.15, 0.2) is 0 Å². The number of benzene rings is 1. The molecule has 2 atom stereocenters. The van der Waals surface area contributed by atoms with Crippen molar-refractivity contribution in [1.82, 2.24) is 4.90 Å². The maximum atomic E-state index is 12.1. The molecule has 1 fully saturated rings. The molecule has 0 bridgehead atoms. The first-order valence-electron chi connectivity index (χ1n) is 6.62. The van der Waals surface area contributed by atoms with Gasteiger partial charge in [-0.2, -0.15) is 0 Å². The quantitative estimate of drug-likeness (QED) is 0.894. The molecule has 0 aromatic heterocycles. The normalized spacial score (nSPS) is 21.8. The summed E-state index contributed by atoms with van der Waals surface area (Å²) in [4.78, 5) is 13.7. The van der Waals surface area contributed by atoms with E-state index in [1.807, 2.05) is 0 Å². The SMILES string of the molecule is CN(CC1CCCC1O)C(=O)Nc1ccc(Cl)cc1Cl. The van der Waals surface area contributed by atoms with E-state index in [0.29, 0.717) is 22.3 Å². The fraction of sp³-hybridized carbons (Fsp3) is 0.500. The summed E-state index contributed by atoms with van der Waals surface area (Å²) in [5, 5.41) is 13.5. The van der Waals surface area contributed by atoms with E-state index in [-0.39, 0.29) is 18.1 Å². The Morgan fingerprint density at radius 3 is 2.80 bits per heavy atom. The van der Waals surface area contributed by atoms with Crippen molar-refractivity contribution in [3.8, 4) is 0 Å². The fourth-order valence-corrected chi connectivity index (χ4v) is 2.92. The van der Waals surface area contributed by atoms with Crippen molar-refractivity contribution in [2.45, 2.75) is 25.4 Å². The Morgan fingerprint density at radius 2 is 2.20 bits per heavy atom. The van der Waals surface area contributed by atoms with Gasteiger partial charge in [0.05, 0.1) is 16.8 Å². The molecule has 2 N–H and O–H groups in total. The average Bonchev–Trinajstić information content (AvgIpc) is 2.78. The van der Waals surface area contributed by atoms with Gasteiger partial charge in [0.1, 0.15) is 0 Å². The average molecular weight is 317 g/mol. The molecule has 0 saturated heterocycles. The number of halogens is 2. The van der Waals surface area contributed by atoms with Crippen LogP contribution < -0.4 is 5.32 Å². The Balaban J connectivity index is 1.93. The zero-order valence-corrected chi connectivity index (χ0v) is 12.8. The Morgan fingerprint density at radius 1 is 1.45 bits per heavy atom. The molecule has 0 heterocycles. The highest BCUT2D eigenvalue weighted by Crippen LogP contribution is 2.27. The summed E-state index contributed by atoms with van der Waals surface area (Å²) in [6, 6.07) is 4.68. The van der Waals surface area contributed by atoms with E-state index in [1.165, 1.54) is 0 Å². The van der Waals surface area contributed by atoms with Crippen LogP contribution in [0.15, 0.2) is 18.2 Å². The molecule has 6 heteroatoms. The van der Waals surface area contributed by atoms with Gasteiger partial charge in [0, 0.05) is 24.5 Å². The van der Waals surface area contributed by atoms with E-state index in [1.54, 1.807) is 30.1 Å². The Bertz CT molecular complexity index is 496. The number of nitrogens with zero attached hydrogens (tertiary/aromatic N) is 1. The van der Waals surface area contributed by atoms with Gasteiger partial charge >= 0.3 is 6.03 Å². The summed E-state index contributed by atoms with van der Waals surface area (Å²) in [6.07, 6.45) is 2.50. The van der Waals surface area contributed by atoms with Crippen LogP contribution in [0.4, 0.5) is 10.5 Å². The van der Waals surface area contributed by atoms with Gasteiger partial charge in [-0.1, -0.05) is 29.6 Å². The van der Waals surface area contributed by atoms with Gasteiger partial charge < -0.3 is 15.3 Å². The minimum atomic E-state index is -0.302. The second-order valence-electron chi connectivity index (χ2n) is 5.19. The Kier molecular flexibility index (Phi) is 5.13. The molecule has 2 amide bonds. The molecule has 1 aliphatic rings. The van der Waals surface area contributed by atoms with Crippen molar-refractivity contribution in [1.29, 1.82) is 0 Å². The van der Waals surface area contributed by atoms with Gasteiger partial charge in [-0.25, -0.2) is 4.79 Å². The minimum absolute atomic E-state index is 0.159. The zero-order valence-electron chi connectivity index (χ0n) is 11.3. The molecule has 20 heavy (non-hydrogen) atoms. The highest BCUT2D eigenvalue weighted by atomic mass is 35.5. The van der Waals surface area contributed by atoms with E-state index in [9.17, 15) is 9.90 Å². The fourth-order valence-electron chi connectivity index (χ4n) is 2.47. The van der Waals surface area contributed by atoms with Crippen LogP contribution in [0.2, 0.25) is 10.0 Å². The molecule has 0 spiro atoms. The first-order chi connectivity index (χ1) is 9.47. The van der Waals surface area contributed by atoms with Crippen molar-refractivity contribution < 1.29 is 9.90 Å². The first kappa shape index (κ1) is 15.4. The van der Waals surface area contributed by atoms with Gasteiger partial charge in [-0.05, 0) is 31.0 Å². The predicted molar refractivity (Wildman–Crippen MR) is 81.5 cm³/mol. The summed E-state index contributed by atoms with van der Waals surface area (Å²) in [5.41, 5.74) is 0.528. The van der Waals surface area contributed by atoms with Crippen LogP contribution in [-0.2, 0) is 0 Å². The minimum Gasteiger partial charge on any atom is -0.393 e. The number of carbonyl (C=O) groups excluding carboxylic acids is 1. The molecule has 2 rings (SSSR count). The standard InChI is InChI=1S/C14H18Cl2N2O2/c1-18(8-9-3-2-4-13(9)19)14(20)17-12-6-5-10(15)7-11(12)16/h5-7,9,13,19H,2-4,8H2,1H3,(H,17,20). The number of hydrogen-bond donors (Lipinski definition) is 2. The lowest BCUT2D eigenvalue weighted by atomic mass is 10.1. The lowest BCUT2D eigenvalue weighted by molar-refractivity contribution is 0.116. The molecule has 0 radical (unpaired) electrons. The molecule has 1 aromatic carbocycles. The molecule has 1 saturated carbocycles. The van der Waals surface area contributed by atoms with Gasteiger partial charge in [0.25, 0.3) is 0 Å². The predicted octanol–water partition coefficient (Wildman–Crippen LogP) is 3.62. The molecule has 1 aliphatic carbocycles. The maximum absolute atomic E-state index is 12.1. The first-order valence-corrected chi connectivity index (χ1v) is 7.38. The molecule has 1 aromatic rings. The zero-order chi connectivity index (χ0) is 14.7. The molecular formula is C14H18Cl2N2O2. The summed E-state index contributed by atoms with van der Waals surface area (Å²) >= 11 is 11.8. The number of rotatable bonds is 3. The third-order valence-electron chi connectivity index (χ3n) is 3.65. The van der Waals surface area contributed by atoms with Crippen LogP contribution >= 0.6 is 23.2 Å². The molecular weight excluding hydrogens is 299 g/mol. The number of amides is 2. The number of aliphatic hydroxyl groups is 1. The van der Waals surface area contributed by atoms with Crippen LogP contribution in [0.3, 0.4) is 0 Å². The highest BCUT2D eigenvalue weighted by molar-refractivity contribution is 6.36. The van der Waals surface area contributed by atoms with Crippen molar-refractivity contribution in [2.24, 2.45) is 5.92 Å². The number of anilines is 1. The number of carbonyl (C=O) groups is 1. The highest BCUT2D eigenvalue weighted by Gasteiger charge is 2.27. The third kappa shape index (κ3) is 3.78. The van der Waals surface area contributed by atoms with E-state index in [2.05, 4.69) is 5.32 Å². The van der Waals surface area contributed by atoms with Gasteiger partial charge in [0.2, 0.25) is 0 Å². The van der Waals surface area contributed by atoms with Crippen LogP contribution in [0, 0.1) is 5.92 Å². The summed E-state index contributed by atoms with van der Waals surface area (Å²) in [5.74, 6) is 0.159. The van der Waals surface area contributed by atoms with Crippen LogP contribution in [-0.4, -0.2) is 35.7 Å². The molecule has 0 aliphatic heterocycles. The number of nitrogens with one attached hydrogen (secondary N) is 1. The van der Waals surface area contributed by atoms with Crippen molar-refractivity contribution >= 4 is 34.9 Å². The van der Waals surface area contributed by atoms with Crippen LogP contribution in [0.25, 0.3) is 0 Å². The lowest BCUT2D eigenvalue weighted by Gasteiger charge is -2.23. The van der Waals surface area contributed by atoms with Crippen molar-refractivity contribution in [3.63, 3.8) is 0 Å². The van der Waals surface area contributed by atoms with E-state index in [4.69, 9.17) is 23.2 Å². The maximum Gasteiger partial charge on any atom is 0.321 e. The summed E-state index contributed by atoms with van der Waals surface area (Å²) < 4.78 is 0. The van der Waals surface area contributed by atoms with Crippen LogP contribution in [0.1, 0.15) is 19.3 Å². The number of hydrogen-bond acceptors (Lipinski definition) is 2. The van der Waals surface area contributed by atoms with Crippen molar-refractivity contribution in [3.05, 3.63) is 28.2 Å².